The van der Waals surface area contributed by atoms with Crippen molar-refractivity contribution in [3.05, 3.63) is 204 Å². The van der Waals surface area contributed by atoms with E-state index < -0.39 is 5.67 Å². The Labute approximate surface area is 434 Å². The lowest BCUT2D eigenvalue weighted by Crippen LogP contribution is -2.11. The molecule has 0 atom stereocenters. The second kappa shape index (κ2) is 19.1. The van der Waals surface area contributed by atoms with Crippen LogP contribution in [-0.2, 0) is 5.67 Å². The molecule has 6 nitrogen and oxygen atoms in total. The van der Waals surface area contributed by atoms with Crippen molar-refractivity contribution in [3.8, 4) is 67.9 Å². The number of furan rings is 1. The number of fused-ring (bicyclic) bond motifs is 3. The van der Waals surface area contributed by atoms with Crippen LogP contribution in [0.4, 0.5) is 4.39 Å². The van der Waals surface area contributed by atoms with Gasteiger partial charge in [-0.3, -0.25) is 9.13 Å². The van der Waals surface area contributed by atoms with Crippen LogP contribution in [0.5, 0.6) is 11.5 Å². The second-order valence-corrected chi connectivity index (χ2v) is 21.5. The van der Waals surface area contributed by atoms with Gasteiger partial charge in [-0.15, -0.1) is 0 Å². The molecule has 3 aromatic heterocycles. The number of para-hydroxylation sites is 2. The topological polar surface area (TPSA) is 58.0 Å². The monoisotopic (exact) mass is 974 g/mol. The zero-order chi connectivity index (χ0) is 51.6. The summed E-state index contributed by atoms with van der Waals surface area (Å²) in [6, 6.07) is 59.1. The summed E-state index contributed by atoms with van der Waals surface area (Å²) in [5.74, 6) is 3.56. The van der Waals surface area contributed by atoms with Crippen LogP contribution in [0.2, 0.25) is 0 Å². The van der Waals surface area contributed by atoms with Crippen molar-refractivity contribution in [2.24, 2.45) is 0 Å². The Balaban J connectivity index is 1.08. The van der Waals surface area contributed by atoms with E-state index in [0.29, 0.717) is 28.5 Å². The smallest absolute Gasteiger partial charge is 0.146 e. The molecule has 0 aliphatic rings. The van der Waals surface area contributed by atoms with Crippen molar-refractivity contribution < 1.29 is 13.5 Å². The van der Waals surface area contributed by atoms with Gasteiger partial charge in [0.15, 0.2) is 0 Å². The van der Waals surface area contributed by atoms with Crippen LogP contribution >= 0.6 is 0 Å². The summed E-state index contributed by atoms with van der Waals surface area (Å²) >= 11 is 0. The van der Waals surface area contributed by atoms with Crippen LogP contribution in [0.1, 0.15) is 121 Å². The van der Waals surface area contributed by atoms with Gasteiger partial charge in [0.05, 0.1) is 45.1 Å². The Morgan fingerprint density at radius 2 is 0.959 bits per heavy atom. The number of hydrogen-bond acceptors (Lipinski definition) is 4. The Bertz CT molecular complexity index is 3810. The predicted molar refractivity (Wildman–Crippen MR) is 304 cm³/mol. The number of nitrogens with zero attached hydrogens (tertiary/aromatic N) is 4. The van der Waals surface area contributed by atoms with Gasteiger partial charge in [0, 0.05) is 11.1 Å². The van der Waals surface area contributed by atoms with Gasteiger partial charge in [-0.1, -0.05) is 146 Å². The minimum atomic E-state index is -1.57. The molecule has 0 spiro atoms. The molecule has 0 fully saturated rings. The molecule has 7 heteroatoms. The number of hydrogen-bond donors (Lipinski definition) is 0. The first-order valence-electron chi connectivity index (χ1n) is 26.1. The van der Waals surface area contributed by atoms with Crippen LogP contribution in [0, 0.1) is 0 Å². The maximum Gasteiger partial charge on any atom is 0.146 e. The summed E-state index contributed by atoms with van der Waals surface area (Å²) in [5, 5.41) is 0.829. The third kappa shape index (κ3) is 8.78. The van der Waals surface area contributed by atoms with Crippen molar-refractivity contribution in [1.29, 1.82) is 0 Å². The first-order valence-corrected chi connectivity index (χ1v) is 26.1. The molecule has 3 heterocycles. The molecule has 11 rings (SSSR count). The molecule has 0 saturated carbocycles. The van der Waals surface area contributed by atoms with Crippen LogP contribution in [0.25, 0.3) is 89.4 Å². The quantitative estimate of drug-likeness (QED) is 0.116. The normalized spacial score (nSPS) is 12.2. The largest absolute Gasteiger partial charge is 0.464 e. The first kappa shape index (κ1) is 48.2. The van der Waals surface area contributed by atoms with Crippen LogP contribution in [0.3, 0.4) is 0 Å². The predicted octanol–water partition coefficient (Wildman–Crippen LogP) is 19.3. The third-order valence-electron chi connectivity index (χ3n) is 14.5. The van der Waals surface area contributed by atoms with Crippen LogP contribution in [0.15, 0.2) is 181 Å². The third-order valence-corrected chi connectivity index (χ3v) is 14.5. The fourth-order valence-corrected chi connectivity index (χ4v) is 10.6. The van der Waals surface area contributed by atoms with E-state index in [1.165, 1.54) is 39.1 Å². The highest BCUT2D eigenvalue weighted by Crippen LogP contribution is 2.45. The molecule has 8 aromatic carbocycles. The summed E-state index contributed by atoms with van der Waals surface area (Å²) in [5.41, 5.74) is 16.7. The van der Waals surface area contributed by atoms with Gasteiger partial charge in [0.1, 0.15) is 34.4 Å². The summed E-state index contributed by atoms with van der Waals surface area (Å²) in [7, 11) is 0. The molecular weight excluding hydrogens is 912 g/mol. The Hall–Kier alpha value is -8.03. The lowest BCUT2D eigenvalue weighted by Gasteiger charge is -2.25. The Kier molecular flexibility index (Phi) is 12.5. The number of benzene rings is 8. The standard InChI is InChI=1S/C67H63FN4O2/c1-40(2)53-33-47(44-20-13-11-14-21-44)34-54(41(3)4)63(53)71-59-27-18-17-26-57(59)69-65(71)46-24-19-25-51(32-46)74-62-38-49(37-61-52(62)30-31-73-61)66-70-58-29-28-50(67(9,10)68)39-60(58)72(66)64-55(42(5)6)35-48(36-56(64)43(7)8)45-22-15-12-16-23-45/h11-43H,1-10H3. The van der Waals surface area contributed by atoms with Crippen molar-refractivity contribution >= 4 is 33.0 Å². The zero-order valence-corrected chi connectivity index (χ0v) is 44.0. The molecule has 370 valence electrons. The number of alkyl halides is 1. The molecule has 11 aromatic rings. The van der Waals surface area contributed by atoms with Crippen molar-refractivity contribution in [1.82, 2.24) is 19.1 Å². The molecular formula is C67H63FN4O2. The van der Waals surface area contributed by atoms with Crippen molar-refractivity contribution in [3.63, 3.8) is 0 Å². The van der Waals surface area contributed by atoms with Gasteiger partial charge in [-0.2, -0.15) is 0 Å². The molecule has 0 unspecified atom stereocenters. The van der Waals surface area contributed by atoms with Gasteiger partial charge in [0.25, 0.3) is 0 Å². The van der Waals surface area contributed by atoms with Gasteiger partial charge >= 0.3 is 0 Å². The average molecular weight is 975 g/mol. The number of ether oxygens (including phenoxy) is 1. The van der Waals surface area contributed by atoms with Gasteiger partial charge in [-0.05, 0) is 166 Å². The van der Waals surface area contributed by atoms with E-state index >= 15 is 4.39 Å². The summed E-state index contributed by atoms with van der Waals surface area (Å²) in [6.45, 7) is 21.3. The molecule has 0 saturated heterocycles. The van der Waals surface area contributed by atoms with E-state index in [-0.39, 0.29) is 23.7 Å². The number of halogens is 1. The summed E-state index contributed by atoms with van der Waals surface area (Å²) in [6.07, 6.45) is 1.70. The number of aromatic nitrogens is 4. The van der Waals surface area contributed by atoms with Gasteiger partial charge in [0.2, 0.25) is 0 Å². The minimum absolute atomic E-state index is 0.145. The second-order valence-electron chi connectivity index (χ2n) is 21.5. The average Bonchev–Trinajstić information content (AvgIpc) is 4.17. The van der Waals surface area contributed by atoms with Crippen molar-refractivity contribution in [2.75, 3.05) is 0 Å². The number of rotatable bonds is 13. The molecule has 0 bridgehead atoms. The minimum Gasteiger partial charge on any atom is -0.464 e. The molecule has 0 aliphatic carbocycles. The SMILES string of the molecule is CC(C)c1cc(-c2ccccc2)cc(C(C)C)c1-n1c(-c2cccc(Oc3cc(-c4nc5ccc(C(C)(C)F)cc5n4-c4c(C(C)C)cc(-c5ccccc5)cc4C(C)C)cc4occc34)c2)nc2ccccc21. The van der Waals surface area contributed by atoms with E-state index in [9.17, 15) is 0 Å². The van der Waals surface area contributed by atoms with Crippen LogP contribution in [-0.4, -0.2) is 19.1 Å². The highest BCUT2D eigenvalue weighted by Gasteiger charge is 2.28. The molecule has 0 radical (unpaired) electrons. The molecule has 74 heavy (non-hydrogen) atoms. The lowest BCUT2D eigenvalue weighted by molar-refractivity contribution is 0.221. The maximum absolute atomic E-state index is 16.0. The number of imidazole rings is 2. The summed E-state index contributed by atoms with van der Waals surface area (Å²) < 4.78 is 33.9. The first-order chi connectivity index (χ1) is 35.6. The Morgan fingerprint density at radius 1 is 0.459 bits per heavy atom. The van der Waals surface area contributed by atoms with Crippen LogP contribution < -0.4 is 4.74 Å². The zero-order valence-electron chi connectivity index (χ0n) is 44.0. The summed E-state index contributed by atoms with van der Waals surface area (Å²) in [4.78, 5) is 10.8. The van der Waals surface area contributed by atoms with E-state index in [4.69, 9.17) is 19.1 Å². The Morgan fingerprint density at radius 3 is 1.51 bits per heavy atom. The highest BCUT2D eigenvalue weighted by molar-refractivity contribution is 5.92. The maximum atomic E-state index is 16.0. The molecule has 0 amide bonds. The van der Waals surface area contributed by atoms with E-state index in [1.807, 2.05) is 42.5 Å². The highest BCUT2D eigenvalue weighted by atomic mass is 19.1. The van der Waals surface area contributed by atoms with Crippen molar-refractivity contribution in [2.45, 2.75) is 98.6 Å². The van der Waals surface area contributed by atoms with E-state index in [2.05, 4.69) is 192 Å². The van der Waals surface area contributed by atoms with Gasteiger partial charge < -0.3 is 9.15 Å². The molecule has 0 aliphatic heterocycles. The molecule has 0 N–H and O–H groups in total. The van der Waals surface area contributed by atoms with Gasteiger partial charge in [-0.25, -0.2) is 14.4 Å². The van der Waals surface area contributed by atoms with E-state index in [1.54, 1.807) is 20.1 Å². The fraction of sp³-hybridized carbons (Fsp3) is 0.224. The van der Waals surface area contributed by atoms with E-state index in [0.717, 1.165) is 61.2 Å². The lowest BCUT2D eigenvalue weighted by atomic mass is 9.88. The fourth-order valence-electron chi connectivity index (χ4n) is 10.6.